The number of carbonyl (C=O) groups excluding carboxylic acids is 1. The largest absolute Gasteiger partial charge is 0.484 e. The number of rotatable bonds is 9. The van der Waals surface area contributed by atoms with Gasteiger partial charge in [0.1, 0.15) is 5.75 Å². The van der Waals surface area contributed by atoms with Gasteiger partial charge in [-0.1, -0.05) is 17.7 Å². The number of halogens is 1. The Morgan fingerprint density at radius 1 is 0.946 bits per heavy atom. The minimum Gasteiger partial charge on any atom is -0.484 e. The van der Waals surface area contributed by atoms with Crippen LogP contribution in [0.1, 0.15) is 12.8 Å². The summed E-state index contributed by atoms with van der Waals surface area (Å²) in [6.07, 6.45) is 1.67. The van der Waals surface area contributed by atoms with Crippen LogP contribution in [0.4, 0.5) is 11.4 Å². The van der Waals surface area contributed by atoms with Gasteiger partial charge in [-0.3, -0.25) is 9.10 Å². The van der Waals surface area contributed by atoms with Gasteiger partial charge < -0.3 is 10.1 Å². The second kappa shape index (κ2) is 11.1. The van der Waals surface area contributed by atoms with Crippen molar-refractivity contribution in [2.75, 3.05) is 36.4 Å². The lowest BCUT2D eigenvalue weighted by Crippen LogP contribution is -2.28. The third kappa shape index (κ3) is 6.24. The predicted octanol–water partition coefficient (Wildman–Crippen LogP) is 3.97. The number of amides is 1. The fourth-order valence-corrected chi connectivity index (χ4v) is 6.70. The molecule has 0 radical (unpaired) electrons. The molecule has 0 unspecified atom stereocenters. The van der Waals surface area contributed by atoms with Gasteiger partial charge in [0.05, 0.1) is 15.5 Å². The Bertz CT molecular complexity index is 1470. The first-order valence-electron chi connectivity index (χ1n) is 11.4. The molecule has 0 aliphatic carbocycles. The van der Waals surface area contributed by atoms with E-state index < -0.39 is 26.0 Å². The molecule has 1 heterocycles. The summed E-state index contributed by atoms with van der Waals surface area (Å²) in [4.78, 5) is 12.6. The van der Waals surface area contributed by atoms with Gasteiger partial charge in [0.2, 0.25) is 10.0 Å². The van der Waals surface area contributed by atoms with Gasteiger partial charge in [0, 0.05) is 30.8 Å². The van der Waals surface area contributed by atoms with E-state index in [1.54, 1.807) is 36.4 Å². The van der Waals surface area contributed by atoms with Gasteiger partial charge in [0.25, 0.3) is 15.9 Å². The van der Waals surface area contributed by atoms with E-state index in [4.69, 9.17) is 16.3 Å². The van der Waals surface area contributed by atoms with Gasteiger partial charge in [-0.15, -0.1) is 0 Å². The van der Waals surface area contributed by atoms with Crippen molar-refractivity contribution < 1.29 is 26.4 Å². The molecule has 1 aliphatic rings. The molecular formula is C25H26ClN3O6S2. The zero-order valence-electron chi connectivity index (χ0n) is 20.0. The number of anilines is 2. The topological polar surface area (TPSA) is 113 Å². The maximum Gasteiger partial charge on any atom is 0.264 e. The fraction of sp³-hybridized carbons (Fsp3) is 0.240. The third-order valence-corrected chi connectivity index (χ3v) is 9.81. The Morgan fingerprint density at radius 2 is 1.59 bits per heavy atom. The number of hydrogen-bond acceptors (Lipinski definition) is 6. The molecule has 3 aromatic carbocycles. The molecule has 1 saturated heterocycles. The quantitative estimate of drug-likeness (QED) is 0.421. The summed E-state index contributed by atoms with van der Waals surface area (Å²) in [5, 5.41) is 3.08. The molecule has 1 amide bonds. The van der Waals surface area contributed by atoms with Gasteiger partial charge in [-0.05, 0) is 79.6 Å². The maximum absolute atomic E-state index is 12.8. The molecule has 0 spiro atoms. The molecule has 1 fully saturated rings. The first-order valence-corrected chi connectivity index (χ1v) is 14.7. The predicted molar refractivity (Wildman–Crippen MR) is 142 cm³/mol. The first kappa shape index (κ1) is 26.9. The number of hydrogen-bond donors (Lipinski definition) is 1. The van der Waals surface area contributed by atoms with Crippen molar-refractivity contribution in [3.8, 4) is 5.75 Å². The zero-order valence-corrected chi connectivity index (χ0v) is 22.4. The van der Waals surface area contributed by atoms with Crippen molar-refractivity contribution >= 4 is 48.9 Å². The molecule has 3 aromatic rings. The molecule has 12 heteroatoms. The SMILES string of the molecule is CN(c1ccc(OCC(=O)Nc2cccc(S(=O)(=O)N3CCCC3)c2)cc1)S(=O)(=O)c1ccc(Cl)cc1. The molecule has 37 heavy (non-hydrogen) atoms. The van der Waals surface area contributed by atoms with Crippen LogP contribution in [0.15, 0.2) is 82.6 Å². The van der Waals surface area contributed by atoms with Crippen molar-refractivity contribution in [2.24, 2.45) is 0 Å². The Kier molecular flexibility index (Phi) is 8.08. The van der Waals surface area contributed by atoms with Crippen LogP contribution in [0.2, 0.25) is 5.02 Å². The highest BCUT2D eigenvalue weighted by atomic mass is 35.5. The van der Waals surface area contributed by atoms with E-state index in [2.05, 4.69) is 5.32 Å². The first-order chi connectivity index (χ1) is 17.6. The van der Waals surface area contributed by atoms with E-state index in [1.807, 2.05) is 0 Å². The van der Waals surface area contributed by atoms with Crippen molar-refractivity contribution in [1.29, 1.82) is 0 Å². The van der Waals surface area contributed by atoms with E-state index in [9.17, 15) is 21.6 Å². The summed E-state index contributed by atoms with van der Waals surface area (Å²) in [6.45, 7) is 0.671. The average Bonchev–Trinajstić information content (AvgIpc) is 3.44. The Labute approximate surface area is 221 Å². The van der Waals surface area contributed by atoms with Crippen LogP contribution in [-0.2, 0) is 24.8 Å². The zero-order chi connectivity index (χ0) is 26.6. The smallest absolute Gasteiger partial charge is 0.264 e. The van der Waals surface area contributed by atoms with Crippen LogP contribution in [-0.4, -0.2) is 53.8 Å². The van der Waals surface area contributed by atoms with Crippen LogP contribution in [0.5, 0.6) is 5.75 Å². The van der Waals surface area contributed by atoms with E-state index >= 15 is 0 Å². The van der Waals surface area contributed by atoms with Gasteiger partial charge >= 0.3 is 0 Å². The van der Waals surface area contributed by atoms with Crippen molar-refractivity contribution in [1.82, 2.24) is 4.31 Å². The Hall–Kier alpha value is -3.12. The highest BCUT2D eigenvalue weighted by Crippen LogP contribution is 2.26. The molecule has 0 saturated carbocycles. The Morgan fingerprint density at radius 3 is 2.24 bits per heavy atom. The summed E-state index contributed by atoms with van der Waals surface area (Å²) in [6, 6.07) is 18.2. The fourth-order valence-electron chi connectivity index (χ4n) is 3.81. The lowest BCUT2D eigenvalue weighted by atomic mass is 10.3. The van der Waals surface area contributed by atoms with Crippen LogP contribution in [0.25, 0.3) is 0 Å². The number of nitrogens with zero attached hydrogens (tertiary/aromatic N) is 2. The molecule has 0 atom stereocenters. The third-order valence-electron chi connectivity index (χ3n) is 5.86. The second-order valence-corrected chi connectivity index (χ2v) is 12.7. The van der Waals surface area contributed by atoms with E-state index in [1.165, 1.54) is 47.8 Å². The lowest BCUT2D eigenvalue weighted by Gasteiger charge is -2.20. The minimum atomic E-state index is -3.78. The number of carbonyl (C=O) groups is 1. The minimum absolute atomic E-state index is 0.105. The molecule has 1 N–H and O–H groups in total. The van der Waals surface area contributed by atoms with E-state index in [0.717, 1.165) is 17.1 Å². The summed E-state index contributed by atoms with van der Waals surface area (Å²) in [5.74, 6) is -0.108. The number of benzene rings is 3. The number of ether oxygens (including phenoxy) is 1. The van der Waals surface area contributed by atoms with Gasteiger partial charge in [0.15, 0.2) is 6.61 Å². The monoisotopic (exact) mass is 563 g/mol. The molecule has 0 aromatic heterocycles. The molecule has 9 nitrogen and oxygen atoms in total. The molecular weight excluding hydrogens is 538 g/mol. The summed E-state index contributed by atoms with van der Waals surface area (Å²) in [5.41, 5.74) is 0.751. The van der Waals surface area contributed by atoms with E-state index in [-0.39, 0.29) is 16.4 Å². The highest BCUT2D eigenvalue weighted by Gasteiger charge is 2.27. The molecule has 0 bridgehead atoms. The lowest BCUT2D eigenvalue weighted by molar-refractivity contribution is -0.118. The van der Waals surface area contributed by atoms with Crippen LogP contribution >= 0.6 is 11.6 Å². The van der Waals surface area contributed by atoms with Gasteiger partial charge in [-0.25, -0.2) is 16.8 Å². The highest BCUT2D eigenvalue weighted by molar-refractivity contribution is 7.92. The van der Waals surface area contributed by atoms with Gasteiger partial charge in [-0.2, -0.15) is 4.31 Å². The molecule has 1 aliphatic heterocycles. The maximum atomic E-state index is 12.8. The van der Waals surface area contributed by atoms with Crippen molar-refractivity contribution in [3.05, 3.63) is 77.8 Å². The van der Waals surface area contributed by atoms with Crippen LogP contribution in [0.3, 0.4) is 0 Å². The normalized spacial score (nSPS) is 14.3. The average molecular weight is 564 g/mol. The molecule has 4 rings (SSSR count). The number of nitrogens with one attached hydrogen (secondary N) is 1. The second-order valence-electron chi connectivity index (χ2n) is 8.40. The van der Waals surface area contributed by atoms with Crippen LogP contribution < -0.4 is 14.4 Å². The Balaban J connectivity index is 1.35. The van der Waals surface area contributed by atoms with Crippen molar-refractivity contribution in [2.45, 2.75) is 22.6 Å². The molecule has 196 valence electrons. The summed E-state index contributed by atoms with van der Waals surface area (Å²) >= 11 is 5.85. The van der Waals surface area contributed by atoms with Crippen LogP contribution in [0, 0.1) is 0 Å². The summed E-state index contributed by atoms with van der Waals surface area (Å²) < 4.78 is 59.3. The summed E-state index contributed by atoms with van der Waals surface area (Å²) in [7, 11) is -5.94. The standard InChI is InChI=1S/C25H26ClN3O6S2/c1-28(36(31,32)23-13-7-19(26)8-14-23)21-9-11-22(12-10-21)35-18-25(30)27-20-5-4-6-24(17-20)37(33,34)29-15-2-3-16-29/h4-14,17H,2-3,15-16,18H2,1H3,(H,27,30). The van der Waals surface area contributed by atoms with E-state index in [0.29, 0.717) is 35.2 Å². The number of sulfonamides is 2. The van der Waals surface area contributed by atoms with Crippen molar-refractivity contribution in [3.63, 3.8) is 0 Å².